The number of carbonyl (C=O) groups excluding carboxylic acids is 2. The van der Waals surface area contributed by atoms with E-state index in [1.165, 1.54) is 4.90 Å². The summed E-state index contributed by atoms with van der Waals surface area (Å²) in [6.07, 6.45) is 2.99. The number of nitrogens with one attached hydrogen (secondary N) is 1. The number of urea groups is 1. The Hall–Kier alpha value is -2.35. The number of hydrogen-bond donors (Lipinski definition) is 1. The molecule has 8 nitrogen and oxygen atoms in total. The molecule has 0 spiro atoms. The number of anilines is 1. The van der Waals surface area contributed by atoms with Crippen LogP contribution in [-0.4, -0.2) is 71.4 Å². The lowest BCUT2D eigenvalue weighted by atomic mass is 10.2. The molecule has 0 saturated carbocycles. The second-order valence-corrected chi connectivity index (χ2v) is 5.81. The second-order valence-electron chi connectivity index (χ2n) is 5.81. The topological polar surface area (TPSA) is 79.7 Å². The minimum atomic E-state index is -0.439. The van der Waals surface area contributed by atoms with Gasteiger partial charge < -0.3 is 14.5 Å². The molecule has 1 N–H and O–H groups in total. The third kappa shape index (κ3) is 3.94. The van der Waals surface area contributed by atoms with Gasteiger partial charge in [0, 0.05) is 46.8 Å². The maximum Gasteiger partial charge on any atom is 0.323 e. The SMILES string of the molecule is C=CCN1CC[C@H](N(C)C(=O)Nc2cc(CCOC)nn2C)C1=O. The summed E-state index contributed by atoms with van der Waals surface area (Å²) in [5.74, 6) is 0.546. The molecule has 0 unspecified atom stereocenters. The van der Waals surface area contributed by atoms with Gasteiger partial charge in [0.15, 0.2) is 0 Å². The van der Waals surface area contributed by atoms with Gasteiger partial charge in [0.2, 0.25) is 5.91 Å². The number of methoxy groups -OCH3 is 1. The number of ether oxygens (including phenoxy) is 1. The van der Waals surface area contributed by atoms with Gasteiger partial charge in [-0.1, -0.05) is 6.08 Å². The largest absolute Gasteiger partial charge is 0.384 e. The Balaban J connectivity index is 1.98. The molecule has 2 rings (SSSR count). The van der Waals surface area contributed by atoms with Crippen LogP contribution in [-0.2, 0) is 23.0 Å². The molecule has 1 aromatic rings. The normalized spacial score (nSPS) is 17.2. The minimum Gasteiger partial charge on any atom is -0.384 e. The Morgan fingerprint density at radius 2 is 2.38 bits per heavy atom. The van der Waals surface area contributed by atoms with E-state index in [1.807, 2.05) is 6.07 Å². The molecule has 2 heterocycles. The first kappa shape index (κ1) is 18.0. The van der Waals surface area contributed by atoms with Gasteiger partial charge in [-0.3, -0.25) is 14.8 Å². The zero-order valence-electron chi connectivity index (χ0n) is 14.5. The molecule has 1 saturated heterocycles. The van der Waals surface area contributed by atoms with Crippen molar-refractivity contribution < 1.29 is 14.3 Å². The molecule has 0 bridgehead atoms. The second kappa shape index (κ2) is 7.96. The summed E-state index contributed by atoms with van der Waals surface area (Å²) >= 11 is 0. The lowest BCUT2D eigenvalue weighted by Gasteiger charge is -2.23. The summed E-state index contributed by atoms with van der Waals surface area (Å²) in [5.41, 5.74) is 0.839. The Bertz CT molecular complexity index is 613. The lowest BCUT2D eigenvalue weighted by Crippen LogP contribution is -2.44. The zero-order chi connectivity index (χ0) is 17.7. The molecule has 132 valence electrons. The number of likely N-dealkylation sites (tertiary alicyclic amines) is 1. The zero-order valence-corrected chi connectivity index (χ0v) is 14.5. The summed E-state index contributed by atoms with van der Waals surface area (Å²) in [7, 11) is 5.03. The highest BCUT2D eigenvalue weighted by Gasteiger charge is 2.36. The predicted molar refractivity (Wildman–Crippen MR) is 90.8 cm³/mol. The van der Waals surface area contributed by atoms with Gasteiger partial charge in [0.25, 0.3) is 0 Å². The molecule has 1 atom stereocenters. The first-order valence-electron chi connectivity index (χ1n) is 7.93. The van der Waals surface area contributed by atoms with Crippen LogP contribution < -0.4 is 5.32 Å². The van der Waals surface area contributed by atoms with Gasteiger partial charge in [-0.05, 0) is 6.42 Å². The van der Waals surface area contributed by atoms with E-state index in [9.17, 15) is 9.59 Å². The van der Waals surface area contributed by atoms with Crippen molar-refractivity contribution in [3.8, 4) is 0 Å². The minimum absolute atomic E-state index is 0.0432. The number of likely N-dealkylation sites (N-methyl/N-ethyl adjacent to an activating group) is 1. The van der Waals surface area contributed by atoms with E-state index < -0.39 is 6.04 Å². The van der Waals surface area contributed by atoms with Crippen LogP contribution in [0, 0.1) is 0 Å². The fraction of sp³-hybridized carbons (Fsp3) is 0.562. The van der Waals surface area contributed by atoms with Gasteiger partial charge in [0.1, 0.15) is 11.9 Å². The summed E-state index contributed by atoms with van der Waals surface area (Å²) in [5, 5.41) is 7.13. The average molecular weight is 335 g/mol. The van der Waals surface area contributed by atoms with Crippen LogP contribution in [0.2, 0.25) is 0 Å². The third-order valence-electron chi connectivity index (χ3n) is 4.13. The number of rotatable bonds is 7. The Morgan fingerprint density at radius 3 is 3.04 bits per heavy atom. The molecular formula is C16H25N5O3. The Morgan fingerprint density at radius 1 is 1.62 bits per heavy atom. The first-order valence-corrected chi connectivity index (χ1v) is 7.93. The van der Waals surface area contributed by atoms with Crippen LogP contribution in [0.25, 0.3) is 0 Å². The molecule has 1 fully saturated rings. The quantitative estimate of drug-likeness (QED) is 0.750. The fourth-order valence-corrected chi connectivity index (χ4v) is 2.73. The van der Waals surface area contributed by atoms with Gasteiger partial charge in [-0.25, -0.2) is 4.79 Å². The van der Waals surface area contributed by atoms with E-state index in [4.69, 9.17) is 4.74 Å². The molecule has 24 heavy (non-hydrogen) atoms. The smallest absolute Gasteiger partial charge is 0.323 e. The Labute approximate surface area is 142 Å². The van der Waals surface area contributed by atoms with Crippen LogP contribution in [0.1, 0.15) is 12.1 Å². The highest BCUT2D eigenvalue weighted by molar-refractivity contribution is 5.94. The van der Waals surface area contributed by atoms with Crippen molar-refractivity contribution >= 4 is 17.8 Å². The molecular weight excluding hydrogens is 310 g/mol. The molecule has 1 aromatic heterocycles. The maximum atomic E-state index is 12.4. The van der Waals surface area contributed by atoms with E-state index in [1.54, 1.807) is 36.9 Å². The summed E-state index contributed by atoms with van der Waals surface area (Å²) < 4.78 is 6.64. The van der Waals surface area contributed by atoms with Crippen molar-refractivity contribution in [1.29, 1.82) is 0 Å². The van der Waals surface area contributed by atoms with Gasteiger partial charge in [0.05, 0.1) is 12.3 Å². The average Bonchev–Trinajstić information content (AvgIpc) is 3.09. The number of hydrogen-bond acceptors (Lipinski definition) is 4. The number of carbonyl (C=O) groups is 2. The highest BCUT2D eigenvalue weighted by atomic mass is 16.5. The van der Waals surface area contributed by atoms with Crippen molar-refractivity contribution in [2.45, 2.75) is 18.9 Å². The van der Waals surface area contributed by atoms with Crippen LogP contribution in [0.5, 0.6) is 0 Å². The van der Waals surface area contributed by atoms with Crippen molar-refractivity contribution in [2.75, 3.05) is 39.2 Å². The van der Waals surface area contributed by atoms with Crippen molar-refractivity contribution in [2.24, 2.45) is 7.05 Å². The van der Waals surface area contributed by atoms with Gasteiger partial charge >= 0.3 is 6.03 Å². The highest BCUT2D eigenvalue weighted by Crippen LogP contribution is 2.18. The molecule has 1 aliphatic rings. The van der Waals surface area contributed by atoms with Crippen LogP contribution in [0.4, 0.5) is 10.6 Å². The first-order chi connectivity index (χ1) is 11.5. The summed E-state index contributed by atoms with van der Waals surface area (Å²) in [6, 6.07) is 1.05. The number of aryl methyl sites for hydroxylation is 1. The van der Waals surface area contributed by atoms with Crippen molar-refractivity contribution in [1.82, 2.24) is 19.6 Å². The lowest BCUT2D eigenvalue weighted by molar-refractivity contribution is -0.130. The Kier molecular flexibility index (Phi) is 5.97. The summed E-state index contributed by atoms with van der Waals surface area (Å²) in [4.78, 5) is 27.9. The molecule has 8 heteroatoms. The predicted octanol–water partition coefficient (Wildman–Crippen LogP) is 0.860. The monoisotopic (exact) mass is 335 g/mol. The molecule has 0 aliphatic carbocycles. The number of aromatic nitrogens is 2. The number of nitrogens with zero attached hydrogens (tertiary/aromatic N) is 4. The van der Waals surface area contributed by atoms with Gasteiger partial charge in [-0.2, -0.15) is 5.10 Å². The standard InChI is InChI=1S/C16H25N5O3/c1-5-8-21-9-6-13(15(21)22)19(2)16(23)17-14-11-12(7-10-24-4)18-20(14)3/h5,11,13H,1,6-10H2,2-4H3,(H,17,23)/t13-/m0/s1. The van der Waals surface area contributed by atoms with E-state index >= 15 is 0 Å². The maximum absolute atomic E-state index is 12.4. The summed E-state index contributed by atoms with van der Waals surface area (Å²) in [6.45, 7) is 5.36. The molecule has 0 radical (unpaired) electrons. The van der Waals surface area contributed by atoms with Crippen molar-refractivity contribution in [3.63, 3.8) is 0 Å². The van der Waals surface area contributed by atoms with Crippen LogP contribution >= 0.6 is 0 Å². The van der Waals surface area contributed by atoms with E-state index in [2.05, 4.69) is 17.0 Å². The molecule has 0 aromatic carbocycles. The van der Waals surface area contributed by atoms with E-state index in [0.29, 0.717) is 38.4 Å². The number of amides is 3. The fourth-order valence-electron chi connectivity index (χ4n) is 2.73. The van der Waals surface area contributed by atoms with E-state index in [0.717, 1.165) is 5.69 Å². The molecule has 3 amide bonds. The van der Waals surface area contributed by atoms with E-state index in [-0.39, 0.29) is 11.9 Å². The van der Waals surface area contributed by atoms with Crippen LogP contribution in [0.15, 0.2) is 18.7 Å². The third-order valence-corrected chi connectivity index (χ3v) is 4.13. The molecule has 1 aliphatic heterocycles. The van der Waals surface area contributed by atoms with Gasteiger partial charge in [-0.15, -0.1) is 6.58 Å². The van der Waals surface area contributed by atoms with Crippen molar-refractivity contribution in [3.05, 3.63) is 24.4 Å². The van der Waals surface area contributed by atoms with Crippen LogP contribution in [0.3, 0.4) is 0 Å².